The van der Waals surface area contributed by atoms with Gasteiger partial charge in [0, 0.05) is 55.8 Å². The molecule has 2 aromatic rings. The molecule has 0 aliphatic carbocycles. The lowest BCUT2D eigenvalue weighted by molar-refractivity contribution is 0.00284. The number of pyridine rings is 1. The van der Waals surface area contributed by atoms with Gasteiger partial charge in [-0.1, -0.05) is 6.07 Å². The number of nitrogens with one attached hydrogen (secondary N) is 1. The highest BCUT2D eigenvalue weighted by Crippen LogP contribution is 2.54. The van der Waals surface area contributed by atoms with Crippen LogP contribution in [0.1, 0.15) is 34.6 Å². The normalized spacial score (nSPS) is 31.2. The smallest absolute Gasteiger partial charge is 0.254 e. The van der Waals surface area contributed by atoms with Crippen LogP contribution in [0.3, 0.4) is 0 Å². The van der Waals surface area contributed by atoms with Gasteiger partial charge in [-0.2, -0.15) is 0 Å². The Balaban J connectivity index is 1.20. The van der Waals surface area contributed by atoms with Crippen LogP contribution in [0.4, 0.5) is 0 Å². The molecule has 5 rings (SSSR count). The number of carbonyl (C=O) groups is 1. The summed E-state index contributed by atoms with van der Waals surface area (Å²) in [4.78, 5) is 19.4. The third-order valence-electron chi connectivity index (χ3n) is 6.77. The van der Waals surface area contributed by atoms with Crippen LogP contribution in [0.25, 0.3) is 0 Å². The van der Waals surface area contributed by atoms with Gasteiger partial charge < -0.3 is 14.5 Å². The molecular weight excluding hydrogens is 354 g/mol. The Morgan fingerprint density at radius 3 is 3.14 bits per heavy atom. The summed E-state index contributed by atoms with van der Waals surface area (Å²) in [5.41, 5.74) is 2.81. The second-order valence-electron chi connectivity index (χ2n) is 8.51. The molecule has 1 amide bonds. The predicted molar refractivity (Wildman–Crippen MR) is 104 cm³/mol. The number of aryl methyl sites for hydroxylation is 1. The van der Waals surface area contributed by atoms with Gasteiger partial charge in [0.25, 0.3) is 5.91 Å². The molecule has 0 unspecified atom stereocenters. The number of fused-ring (bicyclic) bond motifs is 1. The van der Waals surface area contributed by atoms with E-state index in [1.165, 1.54) is 12.5 Å². The Bertz CT molecular complexity index is 852. The SMILES string of the molecule is Cc1cccc(CCN2C[C@@H]3[C@H](CNC(=O)c4ccoc4)[C@H]4CC[C@]3(C2)O4)n1. The van der Waals surface area contributed by atoms with E-state index in [2.05, 4.69) is 27.3 Å². The van der Waals surface area contributed by atoms with Gasteiger partial charge >= 0.3 is 0 Å². The van der Waals surface area contributed by atoms with Crippen molar-refractivity contribution in [3.8, 4) is 0 Å². The largest absolute Gasteiger partial charge is 0.472 e. The second kappa shape index (κ2) is 7.01. The van der Waals surface area contributed by atoms with E-state index < -0.39 is 0 Å². The van der Waals surface area contributed by atoms with Crippen LogP contribution in [0.5, 0.6) is 0 Å². The highest BCUT2D eigenvalue weighted by Gasteiger charge is 2.62. The first-order valence-corrected chi connectivity index (χ1v) is 10.3. The Hall–Kier alpha value is -2.18. The predicted octanol–water partition coefficient (Wildman–Crippen LogP) is 2.43. The number of amides is 1. The molecule has 3 aliphatic rings. The van der Waals surface area contributed by atoms with Crippen molar-refractivity contribution in [1.29, 1.82) is 0 Å². The summed E-state index contributed by atoms with van der Waals surface area (Å²) in [6.45, 7) is 5.78. The Labute approximate surface area is 165 Å². The van der Waals surface area contributed by atoms with Crippen molar-refractivity contribution >= 4 is 5.91 Å². The summed E-state index contributed by atoms with van der Waals surface area (Å²) in [6, 6.07) is 7.93. The summed E-state index contributed by atoms with van der Waals surface area (Å²) < 4.78 is 11.5. The third kappa shape index (κ3) is 3.14. The summed E-state index contributed by atoms with van der Waals surface area (Å²) in [7, 11) is 0. The van der Waals surface area contributed by atoms with Gasteiger partial charge in [0.15, 0.2) is 0 Å². The minimum atomic E-state index is -0.0639. The molecule has 148 valence electrons. The van der Waals surface area contributed by atoms with E-state index in [4.69, 9.17) is 9.15 Å². The minimum absolute atomic E-state index is 0.00423. The number of furan rings is 1. The second-order valence-corrected chi connectivity index (χ2v) is 8.51. The van der Waals surface area contributed by atoms with Crippen LogP contribution >= 0.6 is 0 Å². The monoisotopic (exact) mass is 381 g/mol. The highest BCUT2D eigenvalue weighted by molar-refractivity contribution is 5.93. The summed E-state index contributed by atoms with van der Waals surface area (Å²) in [5, 5.41) is 3.09. The molecule has 5 heterocycles. The molecule has 1 spiro atoms. The molecular formula is C22H27N3O3. The lowest BCUT2D eigenvalue weighted by Crippen LogP contribution is -2.41. The molecule has 1 N–H and O–H groups in total. The topological polar surface area (TPSA) is 67.6 Å². The van der Waals surface area contributed by atoms with Crippen molar-refractivity contribution < 1.29 is 13.9 Å². The summed E-state index contributed by atoms with van der Waals surface area (Å²) in [6.07, 6.45) is 6.53. The minimum Gasteiger partial charge on any atom is -0.472 e. The number of carbonyl (C=O) groups excluding carboxylic acids is 1. The van der Waals surface area contributed by atoms with Gasteiger partial charge in [0.2, 0.25) is 0 Å². The van der Waals surface area contributed by atoms with E-state index in [1.807, 2.05) is 13.0 Å². The molecule has 6 nitrogen and oxygen atoms in total. The van der Waals surface area contributed by atoms with Gasteiger partial charge in [-0.05, 0) is 38.0 Å². The first kappa shape index (κ1) is 17.9. The maximum Gasteiger partial charge on any atom is 0.254 e. The zero-order valence-corrected chi connectivity index (χ0v) is 16.3. The molecule has 2 aromatic heterocycles. The van der Waals surface area contributed by atoms with E-state index in [1.54, 1.807) is 6.07 Å². The fraction of sp³-hybridized carbons (Fsp3) is 0.545. The van der Waals surface area contributed by atoms with Gasteiger partial charge in [-0.3, -0.25) is 14.7 Å². The molecule has 3 saturated heterocycles. The first-order chi connectivity index (χ1) is 13.6. The van der Waals surface area contributed by atoms with Crippen LogP contribution in [-0.4, -0.2) is 53.7 Å². The molecule has 3 fully saturated rings. The average Bonchev–Trinajstić information content (AvgIpc) is 3.45. The van der Waals surface area contributed by atoms with Crippen molar-refractivity contribution in [2.24, 2.45) is 11.8 Å². The number of aromatic nitrogens is 1. The summed E-state index contributed by atoms with van der Waals surface area (Å²) >= 11 is 0. The van der Waals surface area contributed by atoms with Gasteiger partial charge in [0.1, 0.15) is 6.26 Å². The van der Waals surface area contributed by atoms with E-state index in [0.29, 0.717) is 23.9 Å². The molecule has 6 heteroatoms. The lowest BCUT2D eigenvalue weighted by Gasteiger charge is -2.29. The molecule has 0 radical (unpaired) electrons. The average molecular weight is 381 g/mol. The number of hydrogen-bond donors (Lipinski definition) is 1. The fourth-order valence-corrected chi connectivity index (χ4v) is 5.45. The molecule has 4 atom stereocenters. The van der Waals surface area contributed by atoms with Crippen molar-refractivity contribution in [3.63, 3.8) is 0 Å². The highest BCUT2D eigenvalue weighted by atomic mass is 16.5. The molecule has 3 aliphatic heterocycles. The van der Waals surface area contributed by atoms with Crippen molar-refractivity contribution in [1.82, 2.24) is 15.2 Å². The van der Waals surface area contributed by atoms with Crippen LogP contribution in [-0.2, 0) is 11.2 Å². The molecule has 2 bridgehead atoms. The molecule has 0 aromatic carbocycles. The van der Waals surface area contributed by atoms with Crippen LogP contribution < -0.4 is 5.32 Å². The lowest BCUT2D eigenvalue weighted by atomic mass is 9.73. The van der Waals surface area contributed by atoms with Crippen LogP contribution in [0, 0.1) is 18.8 Å². The number of hydrogen-bond acceptors (Lipinski definition) is 5. The fourth-order valence-electron chi connectivity index (χ4n) is 5.45. The summed E-state index contributed by atoms with van der Waals surface area (Å²) in [5.74, 6) is 0.832. The van der Waals surface area contributed by atoms with E-state index >= 15 is 0 Å². The Kier molecular flexibility index (Phi) is 4.48. The number of nitrogens with zero attached hydrogens (tertiary/aromatic N) is 2. The number of ether oxygens (including phenoxy) is 1. The van der Waals surface area contributed by atoms with E-state index in [9.17, 15) is 4.79 Å². The number of rotatable bonds is 6. The van der Waals surface area contributed by atoms with E-state index in [0.717, 1.165) is 50.3 Å². The van der Waals surface area contributed by atoms with Crippen molar-refractivity contribution in [2.75, 3.05) is 26.2 Å². The molecule has 0 saturated carbocycles. The van der Waals surface area contributed by atoms with Crippen LogP contribution in [0.2, 0.25) is 0 Å². The standard InChI is InChI=1S/C22H27N3O3/c1-15-3-2-4-17(24-15)6-9-25-12-19-18(20-5-8-22(19,14-25)28-20)11-23-21(26)16-7-10-27-13-16/h2-4,7,10,13,18-20H,5-6,8-9,11-12,14H2,1H3,(H,23,26)/t18-,19+,20+,22+/m0/s1. The zero-order valence-electron chi connectivity index (χ0n) is 16.3. The Morgan fingerprint density at radius 2 is 2.32 bits per heavy atom. The zero-order chi connectivity index (χ0) is 19.1. The van der Waals surface area contributed by atoms with Gasteiger partial charge in [-0.25, -0.2) is 0 Å². The maximum atomic E-state index is 12.3. The maximum absolute atomic E-state index is 12.3. The van der Waals surface area contributed by atoms with E-state index in [-0.39, 0.29) is 17.6 Å². The van der Waals surface area contributed by atoms with Crippen molar-refractivity contribution in [3.05, 3.63) is 53.7 Å². The quantitative estimate of drug-likeness (QED) is 0.832. The van der Waals surface area contributed by atoms with Crippen molar-refractivity contribution in [2.45, 2.75) is 37.9 Å². The molecule has 28 heavy (non-hydrogen) atoms. The van der Waals surface area contributed by atoms with Crippen LogP contribution in [0.15, 0.2) is 41.2 Å². The van der Waals surface area contributed by atoms with Gasteiger partial charge in [-0.15, -0.1) is 0 Å². The number of likely N-dealkylation sites (tertiary alicyclic amines) is 1. The van der Waals surface area contributed by atoms with Gasteiger partial charge in [0.05, 0.1) is 23.5 Å². The third-order valence-corrected chi connectivity index (χ3v) is 6.77. The first-order valence-electron chi connectivity index (χ1n) is 10.3. The Morgan fingerprint density at radius 1 is 1.39 bits per heavy atom.